The van der Waals surface area contributed by atoms with E-state index in [0.29, 0.717) is 37.2 Å². The number of nitroso groups, excluding NO2 is 1. The van der Waals surface area contributed by atoms with Gasteiger partial charge in [0.25, 0.3) is 0 Å². The highest BCUT2D eigenvalue weighted by atomic mass is 16.5. The molecule has 3 aliphatic rings. The van der Waals surface area contributed by atoms with Crippen molar-refractivity contribution in [2.75, 3.05) is 36.6 Å². The number of aromatic nitrogens is 2. The number of nitrogens with zero attached hydrogens (tertiary/aromatic N) is 6. The summed E-state index contributed by atoms with van der Waals surface area (Å²) in [6.07, 6.45) is 7.86. The van der Waals surface area contributed by atoms with Gasteiger partial charge in [-0.15, -0.1) is 4.91 Å². The molecule has 1 aliphatic heterocycles. The summed E-state index contributed by atoms with van der Waals surface area (Å²) in [7, 11) is 0. The number of anilines is 2. The molecule has 1 fully saturated rings. The summed E-state index contributed by atoms with van der Waals surface area (Å²) in [5.74, 6) is 1.13. The van der Waals surface area contributed by atoms with E-state index in [1.807, 2.05) is 0 Å². The summed E-state index contributed by atoms with van der Waals surface area (Å²) in [5.41, 5.74) is 1.96. The van der Waals surface area contributed by atoms with Gasteiger partial charge in [-0.25, -0.2) is 15.0 Å². The molecule has 0 aromatic carbocycles. The number of carbonyl (C=O) groups is 1. The number of amides is 1. The molecule has 1 N–H and O–H groups in total. The van der Waals surface area contributed by atoms with Crippen LogP contribution in [0, 0.1) is 10.8 Å². The average Bonchev–Trinajstić information content (AvgIpc) is 2.80. The van der Waals surface area contributed by atoms with Crippen LogP contribution in [0.1, 0.15) is 69.4 Å². The molecule has 4 rings (SSSR count). The average molecular weight is 456 g/mol. The molecule has 10 nitrogen and oxygen atoms in total. The maximum absolute atomic E-state index is 12.0. The lowest BCUT2D eigenvalue weighted by Crippen LogP contribution is -2.43. The van der Waals surface area contributed by atoms with Crippen LogP contribution in [0.2, 0.25) is 0 Å². The van der Waals surface area contributed by atoms with Crippen LogP contribution in [0.15, 0.2) is 21.6 Å². The Morgan fingerprint density at radius 1 is 1.30 bits per heavy atom. The number of hydrogen-bond acceptors (Lipinski definition) is 9. The molecule has 0 bridgehead atoms. The standard InChI is InChI=1S/C23H33N7O3/c1-4-29(14-30-12-13-33-18-11-6-5-10-17(18)30)19-20(24-3)26-22(23(31)28-32)27-21(19)25-15(2)16-8-7-9-16/h15-16H,3-14H2,1-2H3,(H,25,26,27). The minimum atomic E-state index is -1.01. The largest absolute Gasteiger partial charge is 0.494 e. The number of nitrogens with one attached hydrogen (secondary N) is 1. The topological polar surface area (TPSA) is 112 Å². The maximum atomic E-state index is 12.0. The number of carbonyl (C=O) groups excluding carboxylic acids is 1. The van der Waals surface area contributed by atoms with Gasteiger partial charge in [-0.05, 0) is 58.6 Å². The number of allylic oxidation sites excluding steroid dienone is 2. The Bertz CT molecular complexity index is 940. The summed E-state index contributed by atoms with van der Waals surface area (Å²) >= 11 is 0. The quantitative estimate of drug-likeness (QED) is 0.435. The highest BCUT2D eigenvalue weighted by molar-refractivity contribution is 5.93. The van der Waals surface area contributed by atoms with Crippen LogP contribution in [0.5, 0.6) is 0 Å². The van der Waals surface area contributed by atoms with Crippen molar-refractivity contribution in [3.63, 3.8) is 0 Å². The van der Waals surface area contributed by atoms with E-state index < -0.39 is 5.91 Å². The van der Waals surface area contributed by atoms with Crippen LogP contribution in [-0.2, 0) is 4.74 Å². The van der Waals surface area contributed by atoms with Gasteiger partial charge in [-0.1, -0.05) is 6.42 Å². The van der Waals surface area contributed by atoms with Crippen molar-refractivity contribution in [3.8, 4) is 0 Å². The molecule has 1 amide bonds. The molecule has 10 heteroatoms. The van der Waals surface area contributed by atoms with Crippen molar-refractivity contribution in [1.82, 2.24) is 14.9 Å². The van der Waals surface area contributed by atoms with Crippen molar-refractivity contribution in [3.05, 3.63) is 22.2 Å². The molecule has 2 heterocycles. The third-order valence-corrected chi connectivity index (χ3v) is 6.96. The van der Waals surface area contributed by atoms with Gasteiger partial charge in [0, 0.05) is 24.2 Å². The van der Waals surface area contributed by atoms with Crippen molar-refractivity contribution < 1.29 is 9.53 Å². The minimum absolute atomic E-state index is 0.159. The Balaban J connectivity index is 1.70. The van der Waals surface area contributed by atoms with E-state index in [0.717, 1.165) is 50.8 Å². The molecule has 0 radical (unpaired) electrons. The minimum Gasteiger partial charge on any atom is -0.494 e. The number of hydrogen-bond donors (Lipinski definition) is 1. The lowest BCUT2D eigenvalue weighted by molar-refractivity contribution is 0.0991. The van der Waals surface area contributed by atoms with Crippen LogP contribution in [0.25, 0.3) is 0 Å². The molecular weight excluding hydrogens is 422 g/mol. The Morgan fingerprint density at radius 2 is 2.09 bits per heavy atom. The van der Waals surface area contributed by atoms with Gasteiger partial charge < -0.3 is 19.9 Å². The predicted octanol–water partition coefficient (Wildman–Crippen LogP) is 4.22. The molecule has 1 aromatic rings. The van der Waals surface area contributed by atoms with Crippen LogP contribution in [-0.4, -0.2) is 59.9 Å². The Hall–Kier alpha value is -3.04. The maximum Gasteiger partial charge on any atom is 0.353 e. The zero-order valence-corrected chi connectivity index (χ0v) is 19.5. The molecule has 0 saturated heterocycles. The van der Waals surface area contributed by atoms with Crippen molar-refractivity contribution in [2.24, 2.45) is 16.1 Å². The van der Waals surface area contributed by atoms with Crippen LogP contribution >= 0.6 is 0 Å². The molecule has 0 spiro atoms. The van der Waals surface area contributed by atoms with Crippen LogP contribution in [0.4, 0.5) is 17.3 Å². The second kappa shape index (κ2) is 10.3. The molecule has 1 aromatic heterocycles. The first-order chi connectivity index (χ1) is 16.0. The zero-order valence-electron chi connectivity index (χ0n) is 19.5. The van der Waals surface area contributed by atoms with Crippen molar-refractivity contribution in [1.29, 1.82) is 0 Å². The van der Waals surface area contributed by atoms with Gasteiger partial charge in [0.1, 0.15) is 18.1 Å². The molecule has 178 valence electrons. The van der Waals surface area contributed by atoms with E-state index in [4.69, 9.17) is 4.74 Å². The molecule has 1 unspecified atom stereocenters. The highest BCUT2D eigenvalue weighted by Gasteiger charge is 2.30. The van der Waals surface area contributed by atoms with E-state index >= 15 is 0 Å². The normalized spacial score (nSPS) is 19.2. The monoisotopic (exact) mass is 455 g/mol. The molecule has 1 saturated carbocycles. The number of rotatable bonds is 9. The fourth-order valence-corrected chi connectivity index (χ4v) is 4.81. The van der Waals surface area contributed by atoms with E-state index in [2.05, 4.69) is 55.8 Å². The fraction of sp³-hybridized carbons (Fsp3) is 0.652. The van der Waals surface area contributed by atoms with Gasteiger partial charge in [0.2, 0.25) is 5.82 Å². The van der Waals surface area contributed by atoms with Gasteiger partial charge in [0.15, 0.2) is 11.6 Å². The second-order valence-electron chi connectivity index (χ2n) is 8.93. The SMILES string of the molecule is C=Nc1nc(C(=O)N=O)nc(NC(C)C2CCC2)c1N(CC)CN1CCOC2=C1CCCC2. The Labute approximate surface area is 194 Å². The first kappa shape index (κ1) is 23.1. The lowest BCUT2D eigenvalue weighted by atomic mass is 9.80. The van der Waals surface area contributed by atoms with Gasteiger partial charge in [0.05, 0.1) is 18.9 Å². The molecule has 1 atom stereocenters. The molecular formula is C23H33N7O3. The second-order valence-corrected chi connectivity index (χ2v) is 8.93. The highest BCUT2D eigenvalue weighted by Crippen LogP contribution is 2.38. The van der Waals surface area contributed by atoms with Gasteiger partial charge in [-0.2, -0.15) is 0 Å². The first-order valence-electron chi connectivity index (χ1n) is 11.9. The Kier molecular flexibility index (Phi) is 7.20. The number of aliphatic imine (C=N–C) groups is 1. The van der Waals surface area contributed by atoms with E-state index in [-0.39, 0.29) is 17.7 Å². The van der Waals surface area contributed by atoms with E-state index in [1.54, 1.807) is 0 Å². The van der Waals surface area contributed by atoms with E-state index in [1.165, 1.54) is 12.1 Å². The molecule has 2 aliphatic carbocycles. The third-order valence-electron chi connectivity index (χ3n) is 6.96. The summed E-state index contributed by atoms with van der Waals surface area (Å²) in [4.78, 5) is 40.2. The lowest BCUT2D eigenvalue weighted by Gasteiger charge is -2.40. The third kappa shape index (κ3) is 4.84. The summed E-state index contributed by atoms with van der Waals surface area (Å²) in [6, 6.07) is 0.159. The zero-order chi connectivity index (χ0) is 23.4. The molecule has 33 heavy (non-hydrogen) atoms. The van der Waals surface area contributed by atoms with Gasteiger partial charge in [-0.3, -0.25) is 4.79 Å². The van der Waals surface area contributed by atoms with Crippen molar-refractivity contribution >= 4 is 29.9 Å². The summed E-state index contributed by atoms with van der Waals surface area (Å²) in [6.45, 7) is 10.6. The smallest absolute Gasteiger partial charge is 0.353 e. The van der Waals surface area contributed by atoms with Crippen LogP contribution < -0.4 is 10.2 Å². The van der Waals surface area contributed by atoms with Crippen LogP contribution in [0.3, 0.4) is 0 Å². The Morgan fingerprint density at radius 3 is 2.76 bits per heavy atom. The summed E-state index contributed by atoms with van der Waals surface area (Å²) in [5, 5.41) is 5.99. The summed E-state index contributed by atoms with van der Waals surface area (Å²) < 4.78 is 5.93. The first-order valence-corrected chi connectivity index (χ1v) is 11.9. The van der Waals surface area contributed by atoms with E-state index in [9.17, 15) is 9.70 Å². The van der Waals surface area contributed by atoms with Crippen molar-refractivity contribution in [2.45, 2.75) is 64.8 Å². The van der Waals surface area contributed by atoms with Gasteiger partial charge >= 0.3 is 5.91 Å². The number of ether oxygens (including phenoxy) is 1. The fourth-order valence-electron chi connectivity index (χ4n) is 4.81. The predicted molar refractivity (Wildman–Crippen MR) is 128 cm³/mol.